The first-order chi connectivity index (χ1) is 16.5. The Labute approximate surface area is 202 Å². The fourth-order valence-corrected chi connectivity index (χ4v) is 4.64. The van der Waals surface area contributed by atoms with Gasteiger partial charge in [-0.05, 0) is 63.2 Å². The van der Waals surface area contributed by atoms with Crippen molar-refractivity contribution in [3.05, 3.63) is 59.9 Å². The maximum absolute atomic E-state index is 13.3. The van der Waals surface area contributed by atoms with Crippen LogP contribution < -0.4 is 19.1 Å². The number of rotatable bonds is 10. The van der Waals surface area contributed by atoms with Crippen LogP contribution in [0.25, 0.3) is 10.2 Å². The lowest BCUT2D eigenvalue weighted by molar-refractivity contribution is -0.120. The molecule has 34 heavy (non-hydrogen) atoms. The Morgan fingerprint density at radius 2 is 1.85 bits per heavy atom. The lowest BCUT2D eigenvalue weighted by Gasteiger charge is -2.20. The van der Waals surface area contributed by atoms with E-state index in [4.69, 9.17) is 19.2 Å². The van der Waals surface area contributed by atoms with Crippen LogP contribution in [0.1, 0.15) is 18.3 Å². The Balaban J connectivity index is 1.57. The SMILES string of the molecule is CCOc1cccc2sc(N(CCn3nc(C)cc3C)C(=O)COc3ccc(OC)cc3)nc12. The summed E-state index contributed by atoms with van der Waals surface area (Å²) in [4.78, 5) is 19.8. The molecule has 0 spiro atoms. The zero-order valence-electron chi connectivity index (χ0n) is 19.8. The van der Waals surface area contributed by atoms with Crippen LogP contribution in [0.2, 0.25) is 0 Å². The zero-order chi connectivity index (χ0) is 24.1. The van der Waals surface area contributed by atoms with E-state index >= 15 is 0 Å². The smallest absolute Gasteiger partial charge is 0.266 e. The highest BCUT2D eigenvalue weighted by Gasteiger charge is 2.22. The van der Waals surface area contributed by atoms with Crippen molar-refractivity contribution < 1.29 is 19.0 Å². The van der Waals surface area contributed by atoms with E-state index in [-0.39, 0.29) is 12.5 Å². The van der Waals surface area contributed by atoms with Gasteiger partial charge in [-0.1, -0.05) is 17.4 Å². The summed E-state index contributed by atoms with van der Waals surface area (Å²) >= 11 is 1.46. The van der Waals surface area contributed by atoms with Crippen LogP contribution in [-0.2, 0) is 11.3 Å². The number of fused-ring (bicyclic) bond motifs is 1. The number of anilines is 1. The highest BCUT2D eigenvalue weighted by Crippen LogP contribution is 2.34. The lowest BCUT2D eigenvalue weighted by Crippen LogP contribution is -2.37. The van der Waals surface area contributed by atoms with Crippen molar-refractivity contribution in [3.63, 3.8) is 0 Å². The number of methoxy groups -OCH3 is 1. The molecule has 8 nitrogen and oxygen atoms in total. The van der Waals surface area contributed by atoms with Crippen LogP contribution in [0, 0.1) is 13.8 Å². The van der Waals surface area contributed by atoms with Gasteiger partial charge in [-0.2, -0.15) is 5.10 Å². The second kappa shape index (κ2) is 10.6. The van der Waals surface area contributed by atoms with Crippen molar-refractivity contribution in [2.24, 2.45) is 0 Å². The molecule has 4 aromatic rings. The summed E-state index contributed by atoms with van der Waals surface area (Å²) in [6.07, 6.45) is 0. The van der Waals surface area contributed by atoms with Gasteiger partial charge >= 0.3 is 0 Å². The van der Waals surface area contributed by atoms with Gasteiger partial charge in [-0.15, -0.1) is 0 Å². The molecule has 0 aliphatic rings. The van der Waals surface area contributed by atoms with Gasteiger partial charge in [-0.3, -0.25) is 14.4 Å². The second-order valence-corrected chi connectivity index (χ2v) is 8.70. The Morgan fingerprint density at radius 1 is 1.09 bits per heavy atom. The maximum atomic E-state index is 13.3. The molecule has 0 atom stereocenters. The average molecular weight is 481 g/mol. The molecule has 0 saturated carbocycles. The minimum absolute atomic E-state index is 0.113. The van der Waals surface area contributed by atoms with E-state index in [0.29, 0.717) is 36.3 Å². The molecule has 4 rings (SSSR count). The molecular weight excluding hydrogens is 452 g/mol. The van der Waals surface area contributed by atoms with Gasteiger partial charge in [0.25, 0.3) is 5.91 Å². The second-order valence-electron chi connectivity index (χ2n) is 7.69. The van der Waals surface area contributed by atoms with Gasteiger partial charge < -0.3 is 14.2 Å². The molecule has 0 aliphatic carbocycles. The minimum atomic E-state index is -0.186. The first-order valence-corrected chi connectivity index (χ1v) is 11.9. The van der Waals surface area contributed by atoms with Crippen molar-refractivity contribution in [2.45, 2.75) is 27.3 Å². The lowest BCUT2D eigenvalue weighted by atomic mass is 10.3. The summed E-state index contributed by atoms with van der Waals surface area (Å²) in [5.74, 6) is 1.85. The third kappa shape index (κ3) is 5.31. The van der Waals surface area contributed by atoms with E-state index < -0.39 is 0 Å². The van der Waals surface area contributed by atoms with Gasteiger partial charge in [0.15, 0.2) is 11.7 Å². The van der Waals surface area contributed by atoms with Crippen molar-refractivity contribution in [1.82, 2.24) is 14.8 Å². The van der Waals surface area contributed by atoms with Crippen LogP contribution in [0.3, 0.4) is 0 Å². The number of hydrogen-bond donors (Lipinski definition) is 0. The van der Waals surface area contributed by atoms with Crippen molar-refractivity contribution in [3.8, 4) is 17.2 Å². The number of aryl methyl sites for hydroxylation is 2. The number of benzene rings is 2. The topological polar surface area (TPSA) is 78.7 Å². The third-order valence-corrected chi connectivity index (χ3v) is 6.31. The van der Waals surface area contributed by atoms with Crippen LogP contribution in [-0.4, -0.2) is 47.5 Å². The standard InChI is InChI=1S/C25H28N4O4S/c1-5-32-21-7-6-8-22-24(21)26-25(34-22)28(13-14-29-18(3)15-17(2)27-29)23(30)16-33-20-11-9-19(31-4)10-12-20/h6-12,15H,5,13-14,16H2,1-4H3. The summed E-state index contributed by atoms with van der Waals surface area (Å²) in [7, 11) is 1.61. The molecular formula is C25H28N4O4S. The molecule has 1 amide bonds. The molecule has 2 aromatic heterocycles. The summed E-state index contributed by atoms with van der Waals surface area (Å²) in [6, 6.07) is 15.0. The summed E-state index contributed by atoms with van der Waals surface area (Å²) in [5, 5.41) is 5.13. The first-order valence-electron chi connectivity index (χ1n) is 11.1. The van der Waals surface area contributed by atoms with E-state index in [2.05, 4.69) is 5.10 Å². The number of para-hydroxylation sites is 1. The van der Waals surface area contributed by atoms with Crippen LogP contribution in [0.4, 0.5) is 5.13 Å². The first kappa shape index (κ1) is 23.6. The monoisotopic (exact) mass is 480 g/mol. The Kier molecular flexibility index (Phi) is 7.32. The number of nitrogens with zero attached hydrogens (tertiary/aromatic N) is 4. The Hall–Kier alpha value is -3.59. The molecule has 2 heterocycles. The van der Waals surface area contributed by atoms with Crippen LogP contribution in [0.15, 0.2) is 48.5 Å². The molecule has 0 unspecified atom stereocenters. The van der Waals surface area contributed by atoms with Crippen molar-refractivity contribution in [2.75, 3.05) is 31.8 Å². The molecule has 2 aromatic carbocycles. The number of hydrogen-bond acceptors (Lipinski definition) is 7. The van der Waals surface area contributed by atoms with Gasteiger partial charge in [0.05, 0.1) is 30.7 Å². The molecule has 0 radical (unpaired) electrons. The third-order valence-electron chi connectivity index (χ3n) is 5.26. The number of ether oxygens (including phenoxy) is 3. The molecule has 178 valence electrons. The number of amides is 1. The van der Waals surface area contributed by atoms with E-state index in [9.17, 15) is 4.79 Å². The molecule has 0 bridgehead atoms. The fraction of sp³-hybridized carbons (Fsp3) is 0.320. The Morgan fingerprint density at radius 3 is 2.53 bits per heavy atom. The van der Waals surface area contributed by atoms with E-state index in [1.165, 1.54) is 11.3 Å². The number of carbonyl (C=O) groups excluding carboxylic acids is 1. The molecule has 0 aliphatic heterocycles. The average Bonchev–Trinajstić information content (AvgIpc) is 3.41. The van der Waals surface area contributed by atoms with Crippen LogP contribution in [0.5, 0.6) is 17.2 Å². The predicted octanol–water partition coefficient (Wildman–Crippen LogP) is 4.63. The van der Waals surface area contributed by atoms with Gasteiger partial charge in [0, 0.05) is 12.2 Å². The van der Waals surface area contributed by atoms with E-state index in [1.807, 2.05) is 49.7 Å². The maximum Gasteiger partial charge on any atom is 0.266 e. The highest BCUT2D eigenvalue weighted by molar-refractivity contribution is 7.22. The quantitative estimate of drug-likeness (QED) is 0.329. The molecule has 9 heteroatoms. The number of carbonyl (C=O) groups is 1. The van der Waals surface area contributed by atoms with Crippen molar-refractivity contribution in [1.29, 1.82) is 0 Å². The van der Waals surface area contributed by atoms with Crippen LogP contribution >= 0.6 is 11.3 Å². The predicted molar refractivity (Wildman–Crippen MR) is 133 cm³/mol. The number of thiazole rings is 1. The minimum Gasteiger partial charge on any atom is -0.497 e. The summed E-state index contributed by atoms with van der Waals surface area (Å²) in [6.45, 7) is 7.29. The Bertz CT molecular complexity index is 1270. The van der Waals surface area contributed by atoms with Gasteiger partial charge in [0.1, 0.15) is 22.8 Å². The van der Waals surface area contributed by atoms with E-state index in [1.54, 1.807) is 36.3 Å². The van der Waals surface area contributed by atoms with Crippen molar-refractivity contribution >= 4 is 32.6 Å². The summed E-state index contributed by atoms with van der Waals surface area (Å²) in [5.41, 5.74) is 2.74. The van der Waals surface area contributed by atoms with E-state index in [0.717, 1.165) is 27.4 Å². The molecule has 0 fully saturated rings. The highest BCUT2D eigenvalue weighted by atomic mass is 32.1. The number of aromatic nitrogens is 3. The summed E-state index contributed by atoms with van der Waals surface area (Å²) < 4.78 is 19.5. The zero-order valence-corrected chi connectivity index (χ0v) is 20.6. The molecule has 0 N–H and O–H groups in total. The largest absolute Gasteiger partial charge is 0.497 e. The van der Waals surface area contributed by atoms with Gasteiger partial charge in [0.2, 0.25) is 0 Å². The normalized spacial score (nSPS) is 10.9. The molecule has 0 saturated heterocycles. The fourth-order valence-electron chi connectivity index (χ4n) is 3.62. The van der Waals surface area contributed by atoms with Gasteiger partial charge in [-0.25, -0.2) is 4.98 Å².